The first-order valence-electron chi connectivity index (χ1n) is 5.88. The summed E-state index contributed by atoms with van der Waals surface area (Å²) < 4.78 is 9.05. The minimum Gasteiger partial charge on any atom is -0.335 e. The molecule has 0 bridgehead atoms. The maximum Gasteiger partial charge on any atom is 0.260 e. The highest BCUT2D eigenvalue weighted by Gasteiger charge is 2.22. The Kier molecular flexibility index (Phi) is 1.51. The normalized spacial score (nSPS) is 17.7. The predicted molar refractivity (Wildman–Crippen MR) is 57.9 cm³/mol. The van der Waals surface area contributed by atoms with Crippen molar-refractivity contribution < 1.29 is 1.37 Å². The summed E-state index contributed by atoms with van der Waals surface area (Å²) in [5, 5.41) is 0.579. The van der Waals surface area contributed by atoms with Gasteiger partial charge in [-0.1, -0.05) is 6.42 Å². The van der Waals surface area contributed by atoms with E-state index in [0.29, 0.717) is 17.0 Å². The smallest absolute Gasteiger partial charge is 0.260 e. The number of aromatic amines is 1. The summed E-state index contributed by atoms with van der Waals surface area (Å²) in [5.74, 6) is 1.20. The van der Waals surface area contributed by atoms with E-state index in [1.54, 1.807) is 16.8 Å². The zero-order chi connectivity index (χ0) is 11.1. The largest absolute Gasteiger partial charge is 0.335 e. The van der Waals surface area contributed by atoms with Crippen LogP contribution in [0.5, 0.6) is 0 Å². The molecule has 2 heterocycles. The van der Waals surface area contributed by atoms with E-state index >= 15 is 0 Å². The van der Waals surface area contributed by atoms with Gasteiger partial charge in [-0.3, -0.25) is 4.79 Å². The third-order valence-electron chi connectivity index (χ3n) is 3.14. The maximum atomic E-state index is 11.8. The summed E-state index contributed by atoms with van der Waals surface area (Å²) in [4.78, 5) is 19.1. The molecule has 1 fully saturated rings. The first kappa shape index (κ1) is 7.68. The number of fused-ring (bicyclic) bond motifs is 1. The Morgan fingerprint density at radius 2 is 2.53 bits per heavy atom. The molecule has 15 heavy (non-hydrogen) atoms. The molecule has 4 nitrogen and oxygen atoms in total. The second kappa shape index (κ2) is 2.95. The molecule has 0 saturated heterocycles. The number of nitrogens with zero attached hydrogens (tertiary/aromatic N) is 2. The van der Waals surface area contributed by atoms with Gasteiger partial charge in [-0.05, 0) is 18.9 Å². The van der Waals surface area contributed by atoms with Gasteiger partial charge in [0.05, 0.1) is 5.39 Å². The van der Waals surface area contributed by atoms with Crippen molar-refractivity contribution in [1.29, 1.82) is 0 Å². The van der Waals surface area contributed by atoms with Crippen LogP contribution in [0.25, 0.3) is 11.0 Å². The van der Waals surface area contributed by atoms with Gasteiger partial charge in [0.2, 0.25) is 0 Å². The Balaban J connectivity index is 2.21. The number of nitrogens with one attached hydrogen (secondary N) is 1. The lowest BCUT2D eigenvalue weighted by Crippen LogP contribution is -2.19. The van der Waals surface area contributed by atoms with E-state index in [1.807, 2.05) is 0 Å². The van der Waals surface area contributed by atoms with Gasteiger partial charge in [0, 0.05) is 20.5 Å². The molecule has 0 unspecified atom stereocenters. The Bertz CT molecular complexity index is 582. The number of aryl methyl sites for hydroxylation is 1. The zero-order valence-electron chi connectivity index (χ0n) is 9.36. The van der Waals surface area contributed by atoms with Crippen molar-refractivity contribution in [2.45, 2.75) is 25.2 Å². The SMILES string of the molecule is [2H]Cn1ccc2c(=O)[nH]c(C3CCC3)nc21. The molecule has 0 spiro atoms. The number of hydrogen-bond donors (Lipinski definition) is 1. The van der Waals surface area contributed by atoms with Gasteiger partial charge in [0.15, 0.2) is 0 Å². The quantitative estimate of drug-likeness (QED) is 0.765. The molecule has 1 aliphatic carbocycles. The van der Waals surface area contributed by atoms with Crippen LogP contribution < -0.4 is 5.56 Å². The van der Waals surface area contributed by atoms with Crippen molar-refractivity contribution in [2.24, 2.45) is 7.02 Å². The van der Waals surface area contributed by atoms with Gasteiger partial charge in [0.25, 0.3) is 5.56 Å². The van der Waals surface area contributed by atoms with E-state index in [0.717, 1.165) is 18.7 Å². The van der Waals surface area contributed by atoms with E-state index < -0.39 is 0 Å². The standard InChI is InChI=1S/C11H13N3O/c1-14-6-5-8-10(14)12-9(13-11(8)15)7-3-2-4-7/h5-7H,2-4H2,1H3,(H,12,13,15)/i1D. The van der Waals surface area contributed by atoms with Gasteiger partial charge in [-0.2, -0.15) is 0 Å². The predicted octanol–water partition coefficient (Wildman–Crippen LogP) is 1.53. The number of H-pyrrole nitrogens is 1. The van der Waals surface area contributed by atoms with Crippen LogP contribution in [-0.4, -0.2) is 14.5 Å². The first-order chi connectivity index (χ1) is 7.79. The first-order valence-corrected chi connectivity index (χ1v) is 5.18. The molecule has 1 saturated carbocycles. The molecule has 0 aliphatic heterocycles. The third kappa shape index (κ3) is 1.21. The fourth-order valence-corrected chi connectivity index (χ4v) is 1.97. The number of rotatable bonds is 1. The number of aromatic nitrogens is 3. The Hall–Kier alpha value is -1.58. The zero-order valence-corrected chi connectivity index (χ0v) is 8.36. The summed E-state index contributed by atoms with van der Waals surface area (Å²) in [6.45, 7) is 0. The fraction of sp³-hybridized carbons (Fsp3) is 0.455. The van der Waals surface area contributed by atoms with E-state index in [9.17, 15) is 4.79 Å². The molecule has 1 aliphatic rings. The monoisotopic (exact) mass is 204 g/mol. The molecule has 3 rings (SSSR count). The van der Waals surface area contributed by atoms with Crippen LogP contribution in [0.3, 0.4) is 0 Å². The maximum absolute atomic E-state index is 11.8. The van der Waals surface area contributed by atoms with Crippen LogP contribution in [0.1, 0.15) is 32.4 Å². The van der Waals surface area contributed by atoms with Gasteiger partial charge >= 0.3 is 0 Å². The van der Waals surface area contributed by atoms with Gasteiger partial charge in [-0.25, -0.2) is 4.98 Å². The summed E-state index contributed by atoms with van der Waals surface area (Å²) in [7, 11) is 0.101. The lowest BCUT2D eigenvalue weighted by atomic mass is 9.85. The summed E-state index contributed by atoms with van der Waals surface area (Å²) in [6, 6.07) is 1.72. The fourth-order valence-electron chi connectivity index (χ4n) is 1.97. The van der Waals surface area contributed by atoms with Gasteiger partial charge < -0.3 is 9.55 Å². The molecule has 0 radical (unpaired) electrons. The average Bonchev–Trinajstić information content (AvgIpc) is 2.58. The van der Waals surface area contributed by atoms with Crippen LogP contribution in [-0.2, 0) is 7.02 Å². The molecule has 0 aromatic carbocycles. The van der Waals surface area contributed by atoms with Crippen LogP contribution in [0.2, 0.25) is 0 Å². The summed E-state index contributed by atoms with van der Waals surface area (Å²) >= 11 is 0. The minimum absolute atomic E-state index is 0.0842. The highest BCUT2D eigenvalue weighted by Crippen LogP contribution is 2.34. The summed E-state index contributed by atoms with van der Waals surface area (Å²) in [6.07, 6.45) is 5.17. The Labute approximate surface area is 88.4 Å². The molecule has 4 heteroatoms. The van der Waals surface area contributed by atoms with E-state index in [2.05, 4.69) is 9.97 Å². The molecule has 2 aromatic rings. The lowest BCUT2D eigenvalue weighted by Gasteiger charge is -2.23. The highest BCUT2D eigenvalue weighted by molar-refractivity contribution is 5.74. The van der Waals surface area contributed by atoms with Crippen LogP contribution in [0.15, 0.2) is 17.1 Å². The van der Waals surface area contributed by atoms with Crippen molar-refractivity contribution in [3.63, 3.8) is 0 Å². The van der Waals surface area contributed by atoms with Gasteiger partial charge in [-0.15, -0.1) is 0 Å². The number of hydrogen-bond acceptors (Lipinski definition) is 2. The van der Waals surface area contributed by atoms with Crippen molar-refractivity contribution in [3.05, 3.63) is 28.4 Å². The van der Waals surface area contributed by atoms with Crippen LogP contribution in [0.4, 0.5) is 0 Å². The van der Waals surface area contributed by atoms with Crippen molar-refractivity contribution in [1.82, 2.24) is 14.5 Å². The lowest BCUT2D eigenvalue weighted by molar-refractivity contribution is 0.401. The average molecular weight is 204 g/mol. The van der Waals surface area contributed by atoms with E-state index in [-0.39, 0.29) is 12.6 Å². The summed E-state index contributed by atoms with van der Waals surface area (Å²) in [5.41, 5.74) is 0.555. The van der Waals surface area contributed by atoms with E-state index in [1.165, 1.54) is 6.42 Å². The van der Waals surface area contributed by atoms with Crippen molar-refractivity contribution in [2.75, 3.05) is 0 Å². The molecule has 2 aromatic heterocycles. The van der Waals surface area contributed by atoms with Crippen LogP contribution in [0, 0.1) is 0 Å². The molecular weight excluding hydrogens is 190 g/mol. The second-order valence-electron chi connectivity index (χ2n) is 4.10. The molecule has 1 N–H and O–H groups in total. The second-order valence-corrected chi connectivity index (χ2v) is 4.10. The van der Waals surface area contributed by atoms with Gasteiger partial charge in [0.1, 0.15) is 11.5 Å². The topological polar surface area (TPSA) is 50.7 Å². The van der Waals surface area contributed by atoms with Crippen molar-refractivity contribution in [3.8, 4) is 0 Å². The Morgan fingerprint density at radius 1 is 1.67 bits per heavy atom. The minimum atomic E-state index is -0.0842. The van der Waals surface area contributed by atoms with Crippen LogP contribution >= 0.6 is 0 Å². The van der Waals surface area contributed by atoms with E-state index in [4.69, 9.17) is 1.37 Å². The highest BCUT2D eigenvalue weighted by atomic mass is 16.1. The molecular formula is C11H13N3O. The molecule has 78 valence electrons. The third-order valence-corrected chi connectivity index (χ3v) is 3.14. The molecule has 0 atom stereocenters. The Morgan fingerprint density at radius 3 is 3.20 bits per heavy atom. The van der Waals surface area contributed by atoms with Crippen molar-refractivity contribution >= 4 is 11.0 Å². The molecule has 0 amide bonds.